The lowest BCUT2D eigenvalue weighted by atomic mass is 10.2. The number of thiazole rings is 1. The molecule has 0 atom stereocenters. The summed E-state index contributed by atoms with van der Waals surface area (Å²) in [5.74, 6) is -2.00. The normalized spacial score (nSPS) is 10.5. The highest BCUT2D eigenvalue weighted by atomic mass is 32.1. The number of halogens is 2. The molecule has 0 saturated heterocycles. The Bertz CT molecular complexity index is 1030. The molecule has 6 nitrogen and oxygen atoms in total. The summed E-state index contributed by atoms with van der Waals surface area (Å²) in [5.41, 5.74) is 1.86. The average Bonchev–Trinajstić information content (AvgIpc) is 3.03. The lowest BCUT2D eigenvalue weighted by molar-refractivity contribution is 0.0953. The molecule has 0 aliphatic heterocycles. The number of nitrogens with one attached hydrogen (secondary N) is 3. The third kappa shape index (κ3) is 5.14. The number of rotatable bonds is 5. The lowest BCUT2D eigenvalue weighted by Crippen LogP contribution is -2.23. The fourth-order valence-corrected chi connectivity index (χ4v) is 3.38. The fourth-order valence-electron chi connectivity index (χ4n) is 2.51. The van der Waals surface area contributed by atoms with E-state index in [1.807, 2.05) is 19.1 Å². The third-order valence-corrected chi connectivity index (χ3v) is 5.09. The van der Waals surface area contributed by atoms with Gasteiger partial charge in [0.25, 0.3) is 5.91 Å². The van der Waals surface area contributed by atoms with Crippen LogP contribution in [0.25, 0.3) is 0 Å². The van der Waals surface area contributed by atoms with Gasteiger partial charge in [-0.2, -0.15) is 0 Å². The summed E-state index contributed by atoms with van der Waals surface area (Å²) in [4.78, 5) is 28.9. The molecule has 0 aliphatic carbocycles. The molecule has 0 radical (unpaired) electrons. The number of anilines is 2. The van der Waals surface area contributed by atoms with Gasteiger partial charge < -0.3 is 10.6 Å². The van der Waals surface area contributed by atoms with Gasteiger partial charge in [-0.3, -0.25) is 10.1 Å². The lowest BCUT2D eigenvalue weighted by Gasteiger charge is -2.06. The SMILES string of the molecule is Cc1ccc(NC(=O)Nc2nc(C)c(C(=O)NCc3c(F)cccc3F)s2)cc1. The Kier molecular flexibility index (Phi) is 6.18. The Morgan fingerprint density at radius 1 is 1.00 bits per heavy atom. The van der Waals surface area contributed by atoms with E-state index in [2.05, 4.69) is 20.9 Å². The summed E-state index contributed by atoms with van der Waals surface area (Å²) in [7, 11) is 0. The number of amides is 3. The molecule has 3 rings (SSSR count). The van der Waals surface area contributed by atoms with Crippen molar-refractivity contribution < 1.29 is 18.4 Å². The molecule has 0 bridgehead atoms. The second kappa shape index (κ2) is 8.78. The molecule has 0 fully saturated rings. The van der Waals surface area contributed by atoms with Gasteiger partial charge in [-0.25, -0.2) is 18.6 Å². The van der Waals surface area contributed by atoms with Gasteiger partial charge in [0, 0.05) is 17.8 Å². The zero-order chi connectivity index (χ0) is 21.0. The largest absolute Gasteiger partial charge is 0.347 e. The minimum absolute atomic E-state index is 0.223. The van der Waals surface area contributed by atoms with Crippen molar-refractivity contribution in [2.75, 3.05) is 10.6 Å². The molecule has 1 aromatic heterocycles. The molecule has 0 spiro atoms. The highest BCUT2D eigenvalue weighted by molar-refractivity contribution is 7.17. The number of carbonyl (C=O) groups is 2. The van der Waals surface area contributed by atoms with E-state index in [1.54, 1.807) is 19.1 Å². The van der Waals surface area contributed by atoms with Crippen molar-refractivity contribution >= 4 is 34.1 Å². The van der Waals surface area contributed by atoms with Crippen molar-refractivity contribution in [3.05, 3.63) is 75.8 Å². The van der Waals surface area contributed by atoms with Gasteiger partial charge in [0.15, 0.2) is 5.13 Å². The van der Waals surface area contributed by atoms with Gasteiger partial charge in [-0.15, -0.1) is 0 Å². The summed E-state index contributed by atoms with van der Waals surface area (Å²) in [6.07, 6.45) is 0. The van der Waals surface area contributed by atoms with Crippen molar-refractivity contribution in [1.29, 1.82) is 0 Å². The van der Waals surface area contributed by atoms with Crippen LogP contribution >= 0.6 is 11.3 Å². The van der Waals surface area contributed by atoms with Crippen LogP contribution in [-0.4, -0.2) is 16.9 Å². The molecular formula is C20H18F2N4O2S. The Morgan fingerprint density at radius 2 is 1.66 bits per heavy atom. The first kappa shape index (κ1) is 20.4. The minimum atomic E-state index is -0.735. The van der Waals surface area contributed by atoms with Crippen LogP contribution in [0.2, 0.25) is 0 Å². The van der Waals surface area contributed by atoms with Gasteiger partial charge in [0.1, 0.15) is 16.5 Å². The maximum Gasteiger partial charge on any atom is 0.325 e. The smallest absolute Gasteiger partial charge is 0.325 e. The van der Waals surface area contributed by atoms with E-state index in [-0.39, 0.29) is 22.1 Å². The van der Waals surface area contributed by atoms with Crippen molar-refractivity contribution in [3.63, 3.8) is 0 Å². The van der Waals surface area contributed by atoms with Gasteiger partial charge in [0.2, 0.25) is 0 Å². The van der Waals surface area contributed by atoms with Gasteiger partial charge in [-0.1, -0.05) is 35.1 Å². The van der Waals surface area contributed by atoms with Crippen molar-refractivity contribution in [2.24, 2.45) is 0 Å². The van der Waals surface area contributed by atoms with Crippen LogP contribution in [0.15, 0.2) is 42.5 Å². The second-order valence-corrected chi connectivity index (χ2v) is 7.26. The van der Waals surface area contributed by atoms with E-state index in [1.165, 1.54) is 6.07 Å². The molecule has 2 aromatic carbocycles. The molecule has 29 heavy (non-hydrogen) atoms. The van der Waals surface area contributed by atoms with Crippen LogP contribution < -0.4 is 16.0 Å². The molecule has 1 heterocycles. The quantitative estimate of drug-likeness (QED) is 0.568. The van der Waals surface area contributed by atoms with E-state index >= 15 is 0 Å². The number of benzene rings is 2. The van der Waals surface area contributed by atoms with Crippen LogP contribution in [0.4, 0.5) is 24.4 Å². The Morgan fingerprint density at radius 3 is 2.31 bits per heavy atom. The summed E-state index contributed by atoms with van der Waals surface area (Å²) >= 11 is 0.970. The Hall–Kier alpha value is -3.33. The predicted octanol–water partition coefficient (Wildman–Crippen LogP) is 4.61. The molecule has 150 valence electrons. The summed E-state index contributed by atoms with van der Waals surface area (Å²) in [6.45, 7) is 3.25. The number of hydrogen-bond acceptors (Lipinski definition) is 4. The van der Waals surface area contributed by atoms with Crippen LogP contribution in [0, 0.1) is 25.5 Å². The van der Waals surface area contributed by atoms with E-state index in [0.717, 1.165) is 29.0 Å². The summed E-state index contributed by atoms with van der Waals surface area (Å²) < 4.78 is 27.4. The maximum absolute atomic E-state index is 13.7. The molecule has 0 unspecified atom stereocenters. The van der Waals surface area contributed by atoms with Crippen LogP contribution in [-0.2, 0) is 6.54 Å². The van der Waals surface area contributed by atoms with Crippen molar-refractivity contribution in [1.82, 2.24) is 10.3 Å². The third-order valence-electron chi connectivity index (χ3n) is 4.02. The first-order chi connectivity index (χ1) is 13.8. The monoisotopic (exact) mass is 416 g/mol. The Labute approximate surface area is 170 Å². The number of aromatic nitrogens is 1. The van der Waals surface area contributed by atoms with Gasteiger partial charge in [0.05, 0.1) is 5.69 Å². The summed E-state index contributed by atoms with van der Waals surface area (Å²) in [5, 5.41) is 7.94. The molecule has 0 saturated carbocycles. The number of hydrogen-bond donors (Lipinski definition) is 3. The molecule has 9 heteroatoms. The number of urea groups is 1. The van der Waals surface area contributed by atoms with Crippen molar-refractivity contribution in [3.8, 4) is 0 Å². The fraction of sp³-hybridized carbons (Fsp3) is 0.150. The molecule has 3 aromatic rings. The van der Waals surface area contributed by atoms with E-state index in [9.17, 15) is 18.4 Å². The summed E-state index contributed by atoms with van der Waals surface area (Å²) in [6, 6.07) is 10.3. The van der Waals surface area contributed by atoms with Crippen LogP contribution in [0.3, 0.4) is 0 Å². The number of aryl methyl sites for hydroxylation is 2. The topological polar surface area (TPSA) is 83.1 Å². The zero-order valence-electron chi connectivity index (χ0n) is 15.7. The first-order valence-electron chi connectivity index (χ1n) is 8.66. The van der Waals surface area contributed by atoms with Crippen LogP contribution in [0.5, 0.6) is 0 Å². The molecular weight excluding hydrogens is 398 g/mol. The highest BCUT2D eigenvalue weighted by Gasteiger charge is 2.18. The predicted molar refractivity (Wildman–Crippen MR) is 108 cm³/mol. The second-order valence-electron chi connectivity index (χ2n) is 6.26. The number of nitrogens with zero attached hydrogens (tertiary/aromatic N) is 1. The van der Waals surface area contributed by atoms with E-state index in [4.69, 9.17) is 0 Å². The Balaban J connectivity index is 1.62. The van der Waals surface area contributed by atoms with E-state index < -0.39 is 23.6 Å². The standard InChI is InChI=1S/C20H18F2N4O2S/c1-11-6-8-13(9-7-11)25-19(28)26-20-24-12(2)17(29-20)18(27)23-10-14-15(21)4-3-5-16(14)22/h3-9H,10H2,1-2H3,(H,23,27)(H2,24,25,26,28). The first-order valence-corrected chi connectivity index (χ1v) is 9.48. The molecule has 3 N–H and O–H groups in total. The highest BCUT2D eigenvalue weighted by Crippen LogP contribution is 2.23. The van der Waals surface area contributed by atoms with Gasteiger partial charge >= 0.3 is 6.03 Å². The minimum Gasteiger partial charge on any atom is -0.347 e. The molecule has 0 aliphatic rings. The van der Waals surface area contributed by atoms with E-state index in [0.29, 0.717) is 11.4 Å². The molecule has 3 amide bonds. The number of carbonyl (C=O) groups excluding carboxylic acids is 2. The zero-order valence-corrected chi connectivity index (χ0v) is 16.5. The van der Waals surface area contributed by atoms with Crippen LogP contribution in [0.1, 0.15) is 26.5 Å². The maximum atomic E-state index is 13.7. The van der Waals surface area contributed by atoms with Gasteiger partial charge in [-0.05, 0) is 38.1 Å². The average molecular weight is 416 g/mol. The van der Waals surface area contributed by atoms with Crippen molar-refractivity contribution in [2.45, 2.75) is 20.4 Å².